The number of ether oxygens (including phenoxy) is 1. The van der Waals surface area contributed by atoms with Crippen LogP contribution < -0.4 is 5.32 Å². The Hall–Kier alpha value is -3.04. The van der Waals surface area contributed by atoms with Gasteiger partial charge in [-0.3, -0.25) is 9.89 Å². The predicted octanol–water partition coefficient (Wildman–Crippen LogP) is 3.27. The SMILES string of the molecule is COCCS(=O)(=O)c1ccc(C(=O)Nc2ccccc2-c2n[nH]c(C(C)C)n2)cc1. The first-order chi connectivity index (χ1) is 14.3. The molecule has 1 amide bonds. The van der Waals surface area contributed by atoms with Gasteiger partial charge >= 0.3 is 0 Å². The fraction of sp³-hybridized carbons (Fsp3) is 0.286. The quantitative estimate of drug-likeness (QED) is 0.569. The smallest absolute Gasteiger partial charge is 0.255 e. The van der Waals surface area contributed by atoms with Crippen molar-refractivity contribution in [2.75, 3.05) is 24.8 Å². The highest BCUT2D eigenvalue weighted by atomic mass is 32.2. The second-order valence-corrected chi connectivity index (χ2v) is 9.14. The van der Waals surface area contributed by atoms with E-state index < -0.39 is 9.84 Å². The molecule has 9 heteroatoms. The zero-order chi connectivity index (χ0) is 21.7. The lowest BCUT2D eigenvalue weighted by Gasteiger charge is -2.10. The highest BCUT2D eigenvalue weighted by Crippen LogP contribution is 2.26. The summed E-state index contributed by atoms with van der Waals surface area (Å²) in [4.78, 5) is 17.4. The minimum atomic E-state index is -3.45. The molecule has 0 bridgehead atoms. The van der Waals surface area contributed by atoms with Gasteiger partial charge in [0, 0.05) is 24.2 Å². The van der Waals surface area contributed by atoms with E-state index >= 15 is 0 Å². The van der Waals surface area contributed by atoms with E-state index in [0.717, 1.165) is 5.82 Å². The molecule has 0 aliphatic carbocycles. The Balaban J connectivity index is 1.80. The molecular formula is C21H24N4O4S. The van der Waals surface area contributed by atoms with Gasteiger partial charge in [0.05, 0.1) is 22.9 Å². The molecule has 0 atom stereocenters. The zero-order valence-corrected chi connectivity index (χ0v) is 17.9. The summed E-state index contributed by atoms with van der Waals surface area (Å²) in [5, 5.41) is 10.0. The predicted molar refractivity (Wildman–Crippen MR) is 114 cm³/mol. The molecule has 0 spiro atoms. The number of sulfone groups is 1. The van der Waals surface area contributed by atoms with Crippen molar-refractivity contribution in [3.63, 3.8) is 0 Å². The van der Waals surface area contributed by atoms with Crippen molar-refractivity contribution < 1.29 is 17.9 Å². The summed E-state index contributed by atoms with van der Waals surface area (Å²) in [6.45, 7) is 4.13. The van der Waals surface area contributed by atoms with Crippen LogP contribution in [0, 0.1) is 0 Å². The van der Waals surface area contributed by atoms with Gasteiger partial charge in [-0.15, -0.1) is 0 Å². The molecular weight excluding hydrogens is 404 g/mol. The van der Waals surface area contributed by atoms with E-state index in [1.807, 2.05) is 26.0 Å². The summed E-state index contributed by atoms with van der Waals surface area (Å²) in [5.41, 5.74) is 1.59. The van der Waals surface area contributed by atoms with Gasteiger partial charge in [-0.1, -0.05) is 26.0 Å². The number of H-pyrrole nitrogens is 1. The summed E-state index contributed by atoms with van der Waals surface area (Å²) < 4.78 is 29.3. The van der Waals surface area contributed by atoms with Crippen LogP contribution in [0.15, 0.2) is 53.4 Å². The number of hydrogen-bond acceptors (Lipinski definition) is 6. The Morgan fingerprint density at radius 3 is 2.47 bits per heavy atom. The van der Waals surface area contributed by atoms with Crippen LogP contribution in [0.1, 0.15) is 35.9 Å². The average molecular weight is 429 g/mol. The van der Waals surface area contributed by atoms with Crippen LogP contribution in [-0.2, 0) is 14.6 Å². The number of carbonyl (C=O) groups excluding carboxylic acids is 1. The summed E-state index contributed by atoms with van der Waals surface area (Å²) in [7, 11) is -2.00. The van der Waals surface area contributed by atoms with E-state index in [1.54, 1.807) is 12.1 Å². The van der Waals surface area contributed by atoms with Crippen LogP contribution in [0.25, 0.3) is 11.4 Å². The lowest BCUT2D eigenvalue weighted by molar-refractivity contribution is 0.102. The number of aromatic amines is 1. The lowest BCUT2D eigenvalue weighted by atomic mass is 10.1. The number of methoxy groups -OCH3 is 1. The Kier molecular flexibility index (Phi) is 6.63. The molecule has 3 aromatic rings. The van der Waals surface area contributed by atoms with E-state index in [9.17, 15) is 13.2 Å². The zero-order valence-electron chi connectivity index (χ0n) is 17.0. The maximum Gasteiger partial charge on any atom is 0.255 e. The number of rotatable bonds is 8. The van der Waals surface area contributed by atoms with Gasteiger partial charge in [-0.2, -0.15) is 5.10 Å². The van der Waals surface area contributed by atoms with Crippen molar-refractivity contribution in [3.05, 3.63) is 59.9 Å². The highest BCUT2D eigenvalue weighted by Gasteiger charge is 2.17. The molecule has 3 rings (SSSR count). The largest absolute Gasteiger partial charge is 0.384 e. The molecule has 2 aromatic carbocycles. The standard InChI is InChI=1S/C21H24N4O4S/c1-14(2)19-23-20(25-24-19)17-6-4-5-7-18(17)22-21(26)15-8-10-16(11-9-15)30(27,28)13-12-29-3/h4-11,14H,12-13H2,1-3H3,(H,22,26)(H,23,24,25). The average Bonchev–Trinajstić information content (AvgIpc) is 3.23. The maximum absolute atomic E-state index is 12.7. The Bertz CT molecular complexity index is 1120. The van der Waals surface area contributed by atoms with E-state index in [0.29, 0.717) is 22.6 Å². The van der Waals surface area contributed by atoms with Gasteiger partial charge in [0.2, 0.25) is 0 Å². The molecule has 0 radical (unpaired) electrons. The first-order valence-corrected chi connectivity index (χ1v) is 11.1. The maximum atomic E-state index is 12.7. The first-order valence-electron chi connectivity index (χ1n) is 9.46. The van der Waals surface area contributed by atoms with E-state index in [-0.39, 0.29) is 29.1 Å². The van der Waals surface area contributed by atoms with Crippen molar-refractivity contribution in [2.45, 2.75) is 24.7 Å². The second kappa shape index (κ2) is 9.19. The van der Waals surface area contributed by atoms with Crippen LogP contribution in [-0.4, -0.2) is 49.0 Å². The summed E-state index contributed by atoms with van der Waals surface area (Å²) in [6, 6.07) is 13.1. The number of hydrogen-bond donors (Lipinski definition) is 2. The summed E-state index contributed by atoms with van der Waals surface area (Å²) in [5.74, 6) is 0.984. The minimum absolute atomic E-state index is 0.112. The summed E-state index contributed by atoms with van der Waals surface area (Å²) in [6.07, 6.45) is 0. The normalized spacial score (nSPS) is 11.6. The highest BCUT2D eigenvalue weighted by molar-refractivity contribution is 7.91. The molecule has 1 heterocycles. The molecule has 0 aliphatic rings. The number of para-hydroxylation sites is 1. The van der Waals surface area contributed by atoms with Gasteiger partial charge in [0.1, 0.15) is 5.82 Å². The molecule has 0 unspecified atom stereocenters. The fourth-order valence-corrected chi connectivity index (χ4v) is 3.93. The van der Waals surface area contributed by atoms with Crippen LogP contribution in [0.4, 0.5) is 5.69 Å². The van der Waals surface area contributed by atoms with Crippen molar-refractivity contribution in [3.8, 4) is 11.4 Å². The monoisotopic (exact) mass is 428 g/mol. The number of carbonyl (C=O) groups is 1. The molecule has 1 aromatic heterocycles. The Labute approximate surface area is 175 Å². The third-order valence-electron chi connectivity index (χ3n) is 4.50. The number of nitrogens with zero attached hydrogens (tertiary/aromatic N) is 2. The molecule has 0 saturated carbocycles. The topological polar surface area (TPSA) is 114 Å². The fourth-order valence-electron chi connectivity index (χ4n) is 2.76. The molecule has 30 heavy (non-hydrogen) atoms. The molecule has 0 fully saturated rings. The van der Waals surface area contributed by atoms with Gasteiger partial charge in [-0.25, -0.2) is 13.4 Å². The van der Waals surface area contributed by atoms with Crippen molar-refractivity contribution in [1.82, 2.24) is 15.2 Å². The summed E-state index contributed by atoms with van der Waals surface area (Å²) >= 11 is 0. The molecule has 0 aliphatic heterocycles. The third kappa shape index (κ3) is 4.92. The van der Waals surface area contributed by atoms with Gasteiger partial charge < -0.3 is 10.1 Å². The van der Waals surface area contributed by atoms with Crippen molar-refractivity contribution >= 4 is 21.4 Å². The molecule has 0 saturated heterocycles. The van der Waals surface area contributed by atoms with Gasteiger partial charge in [-0.05, 0) is 36.4 Å². The van der Waals surface area contributed by atoms with Gasteiger partial charge in [0.15, 0.2) is 15.7 Å². The molecule has 8 nitrogen and oxygen atoms in total. The number of nitrogens with one attached hydrogen (secondary N) is 2. The van der Waals surface area contributed by atoms with Crippen molar-refractivity contribution in [2.24, 2.45) is 0 Å². The number of benzene rings is 2. The number of anilines is 1. The van der Waals surface area contributed by atoms with E-state index in [1.165, 1.54) is 31.4 Å². The van der Waals surface area contributed by atoms with Crippen LogP contribution in [0.5, 0.6) is 0 Å². The Morgan fingerprint density at radius 2 is 1.83 bits per heavy atom. The molecule has 158 valence electrons. The van der Waals surface area contributed by atoms with Crippen LogP contribution in [0.2, 0.25) is 0 Å². The van der Waals surface area contributed by atoms with Crippen LogP contribution in [0.3, 0.4) is 0 Å². The Morgan fingerprint density at radius 1 is 1.13 bits per heavy atom. The van der Waals surface area contributed by atoms with E-state index in [2.05, 4.69) is 20.5 Å². The third-order valence-corrected chi connectivity index (χ3v) is 6.19. The van der Waals surface area contributed by atoms with Crippen molar-refractivity contribution in [1.29, 1.82) is 0 Å². The lowest BCUT2D eigenvalue weighted by Crippen LogP contribution is -2.14. The first kappa shape index (κ1) is 21.7. The van der Waals surface area contributed by atoms with Gasteiger partial charge in [0.25, 0.3) is 5.91 Å². The van der Waals surface area contributed by atoms with Crippen LogP contribution >= 0.6 is 0 Å². The number of amides is 1. The minimum Gasteiger partial charge on any atom is -0.384 e. The van der Waals surface area contributed by atoms with E-state index in [4.69, 9.17) is 4.74 Å². The number of aromatic nitrogens is 3. The second-order valence-electron chi connectivity index (χ2n) is 7.03. The molecule has 2 N–H and O–H groups in total.